The summed E-state index contributed by atoms with van der Waals surface area (Å²) in [6.45, 7) is 1.97. The Kier molecular flexibility index (Phi) is 4.84. The molecule has 3 rings (SSSR count). The van der Waals surface area contributed by atoms with Gasteiger partial charge in [-0.1, -0.05) is 43.2 Å². The molecule has 0 atom stereocenters. The van der Waals surface area contributed by atoms with Gasteiger partial charge in [0.1, 0.15) is 0 Å². The molecule has 114 valence electrons. The molecule has 0 unspecified atom stereocenters. The van der Waals surface area contributed by atoms with Gasteiger partial charge in [-0.25, -0.2) is 0 Å². The Morgan fingerprint density at radius 1 is 1.05 bits per heavy atom. The molecule has 1 saturated carbocycles. The molecule has 1 aliphatic carbocycles. The number of rotatable bonds is 4. The van der Waals surface area contributed by atoms with Crippen LogP contribution in [0.5, 0.6) is 0 Å². The van der Waals surface area contributed by atoms with Crippen molar-refractivity contribution in [3.63, 3.8) is 0 Å². The summed E-state index contributed by atoms with van der Waals surface area (Å²) in [7, 11) is 0. The largest absolute Gasteiger partial charge is 0.321 e. The molecule has 0 aromatic heterocycles. The minimum atomic E-state index is -0.0300. The Hall–Kier alpha value is -1.74. The Morgan fingerprint density at radius 3 is 2.50 bits per heavy atom. The van der Waals surface area contributed by atoms with Crippen LogP contribution in [0.25, 0.3) is 0 Å². The van der Waals surface area contributed by atoms with E-state index >= 15 is 0 Å². The van der Waals surface area contributed by atoms with Gasteiger partial charge in [0.2, 0.25) is 0 Å². The minimum Gasteiger partial charge on any atom is -0.321 e. The monoisotopic (exact) mass is 311 g/mol. The van der Waals surface area contributed by atoms with E-state index in [1.165, 1.54) is 30.6 Å². The summed E-state index contributed by atoms with van der Waals surface area (Å²) in [6.07, 6.45) is 5.22. The lowest BCUT2D eigenvalue weighted by molar-refractivity contribution is 0.102. The van der Waals surface area contributed by atoms with E-state index in [4.69, 9.17) is 0 Å². The van der Waals surface area contributed by atoms with E-state index in [0.717, 1.165) is 16.8 Å². The predicted octanol–water partition coefficient (Wildman–Crippen LogP) is 5.28. The van der Waals surface area contributed by atoms with E-state index in [1.807, 2.05) is 61.2 Å². The number of anilines is 1. The normalized spacial score (nSPS) is 15.0. The molecular formula is C19H21NOS. The zero-order valence-electron chi connectivity index (χ0n) is 12.8. The van der Waals surface area contributed by atoms with Gasteiger partial charge in [0, 0.05) is 15.7 Å². The van der Waals surface area contributed by atoms with Crippen molar-refractivity contribution in [3.8, 4) is 0 Å². The number of carbonyl (C=O) groups excluding carboxylic acids is 1. The number of aryl methyl sites for hydroxylation is 1. The third-order valence-corrected chi connectivity index (χ3v) is 5.54. The Balaban J connectivity index is 1.77. The lowest BCUT2D eigenvalue weighted by atomic mass is 10.1. The highest BCUT2D eigenvalue weighted by molar-refractivity contribution is 8.00. The first-order chi connectivity index (χ1) is 10.7. The average molecular weight is 311 g/mol. The van der Waals surface area contributed by atoms with Gasteiger partial charge in [0.25, 0.3) is 5.91 Å². The van der Waals surface area contributed by atoms with Crippen LogP contribution in [0.4, 0.5) is 5.69 Å². The van der Waals surface area contributed by atoms with Crippen molar-refractivity contribution < 1.29 is 4.79 Å². The van der Waals surface area contributed by atoms with Gasteiger partial charge in [0.05, 0.1) is 5.69 Å². The average Bonchev–Trinajstić information content (AvgIpc) is 3.02. The second-order valence-electron chi connectivity index (χ2n) is 5.79. The van der Waals surface area contributed by atoms with E-state index in [-0.39, 0.29) is 5.91 Å². The maximum atomic E-state index is 12.5. The van der Waals surface area contributed by atoms with Crippen LogP contribution in [0, 0.1) is 6.92 Å². The minimum absolute atomic E-state index is 0.0300. The van der Waals surface area contributed by atoms with Crippen LogP contribution < -0.4 is 5.32 Å². The zero-order chi connectivity index (χ0) is 15.4. The van der Waals surface area contributed by atoms with Gasteiger partial charge in [-0.3, -0.25) is 4.79 Å². The summed E-state index contributed by atoms with van der Waals surface area (Å²) in [5.41, 5.74) is 2.66. The summed E-state index contributed by atoms with van der Waals surface area (Å²) in [4.78, 5) is 13.7. The van der Waals surface area contributed by atoms with Crippen molar-refractivity contribution in [3.05, 3.63) is 59.7 Å². The van der Waals surface area contributed by atoms with E-state index in [2.05, 4.69) is 11.4 Å². The van der Waals surface area contributed by atoms with Crippen LogP contribution in [-0.2, 0) is 0 Å². The van der Waals surface area contributed by atoms with Crippen LogP contribution in [0.2, 0.25) is 0 Å². The van der Waals surface area contributed by atoms with Crippen LogP contribution in [0.3, 0.4) is 0 Å². The molecule has 3 heteroatoms. The summed E-state index contributed by atoms with van der Waals surface area (Å²) in [5.74, 6) is -0.0300. The SMILES string of the molecule is Cc1ccccc1C(=O)Nc1ccccc1SC1CCCC1. The van der Waals surface area contributed by atoms with Crippen LogP contribution in [0.1, 0.15) is 41.6 Å². The predicted molar refractivity (Wildman–Crippen MR) is 93.7 cm³/mol. The van der Waals surface area contributed by atoms with Crippen molar-refractivity contribution >= 4 is 23.4 Å². The number of nitrogens with one attached hydrogen (secondary N) is 1. The quantitative estimate of drug-likeness (QED) is 0.832. The lowest BCUT2D eigenvalue weighted by Crippen LogP contribution is -2.14. The smallest absolute Gasteiger partial charge is 0.255 e. The fourth-order valence-electron chi connectivity index (χ4n) is 2.88. The van der Waals surface area contributed by atoms with Crippen molar-refractivity contribution in [1.82, 2.24) is 0 Å². The molecule has 0 radical (unpaired) electrons. The molecule has 1 fully saturated rings. The molecule has 2 nitrogen and oxygen atoms in total. The lowest BCUT2D eigenvalue weighted by Gasteiger charge is -2.14. The highest BCUT2D eigenvalue weighted by Crippen LogP contribution is 2.38. The zero-order valence-corrected chi connectivity index (χ0v) is 13.7. The first kappa shape index (κ1) is 15.2. The van der Waals surface area contributed by atoms with Gasteiger partial charge in [-0.15, -0.1) is 11.8 Å². The number of carbonyl (C=O) groups is 1. The summed E-state index contributed by atoms with van der Waals surface area (Å²) in [5, 5.41) is 3.77. The molecule has 1 N–H and O–H groups in total. The molecule has 22 heavy (non-hydrogen) atoms. The second-order valence-corrected chi connectivity index (χ2v) is 7.13. The summed E-state index contributed by atoms with van der Waals surface area (Å²) >= 11 is 1.90. The Labute approximate surface area is 136 Å². The Bertz CT molecular complexity index is 662. The molecule has 1 aliphatic rings. The van der Waals surface area contributed by atoms with Crippen LogP contribution in [0.15, 0.2) is 53.4 Å². The van der Waals surface area contributed by atoms with Gasteiger partial charge in [0.15, 0.2) is 0 Å². The first-order valence-electron chi connectivity index (χ1n) is 7.87. The Morgan fingerprint density at radius 2 is 1.73 bits per heavy atom. The number of para-hydroxylation sites is 1. The number of hydrogen-bond acceptors (Lipinski definition) is 2. The molecule has 0 saturated heterocycles. The van der Waals surface area contributed by atoms with E-state index < -0.39 is 0 Å². The number of thioether (sulfide) groups is 1. The van der Waals surface area contributed by atoms with Crippen LogP contribution >= 0.6 is 11.8 Å². The molecular weight excluding hydrogens is 290 g/mol. The van der Waals surface area contributed by atoms with Gasteiger partial charge >= 0.3 is 0 Å². The topological polar surface area (TPSA) is 29.1 Å². The summed E-state index contributed by atoms with van der Waals surface area (Å²) < 4.78 is 0. The van der Waals surface area contributed by atoms with Gasteiger partial charge in [-0.2, -0.15) is 0 Å². The highest BCUT2D eigenvalue weighted by Gasteiger charge is 2.18. The van der Waals surface area contributed by atoms with E-state index in [1.54, 1.807) is 0 Å². The number of hydrogen-bond donors (Lipinski definition) is 1. The number of benzene rings is 2. The third kappa shape index (κ3) is 3.53. The fraction of sp³-hybridized carbons (Fsp3) is 0.316. The number of amides is 1. The molecule has 0 spiro atoms. The third-order valence-electron chi connectivity index (χ3n) is 4.12. The molecule has 0 aliphatic heterocycles. The van der Waals surface area contributed by atoms with Crippen molar-refractivity contribution in [2.75, 3.05) is 5.32 Å². The molecule has 0 bridgehead atoms. The standard InChI is InChI=1S/C19H21NOS/c1-14-8-2-5-11-16(14)19(21)20-17-12-6-7-13-18(17)22-15-9-3-4-10-15/h2,5-8,11-13,15H,3-4,9-10H2,1H3,(H,20,21). The maximum Gasteiger partial charge on any atom is 0.255 e. The first-order valence-corrected chi connectivity index (χ1v) is 8.74. The van der Waals surface area contributed by atoms with Gasteiger partial charge in [-0.05, 0) is 43.5 Å². The van der Waals surface area contributed by atoms with Crippen molar-refractivity contribution in [2.45, 2.75) is 42.8 Å². The maximum absolute atomic E-state index is 12.5. The van der Waals surface area contributed by atoms with Gasteiger partial charge < -0.3 is 5.32 Å². The summed E-state index contributed by atoms with van der Waals surface area (Å²) in [6, 6.07) is 15.8. The van der Waals surface area contributed by atoms with Crippen molar-refractivity contribution in [1.29, 1.82) is 0 Å². The van der Waals surface area contributed by atoms with E-state index in [9.17, 15) is 4.79 Å². The fourth-order valence-corrected chi connectivity index (χ4v) is 4.21. The van der Waals surface area contributed by atoms with E-state index in [0.29, 0.717) is 5.25 Å². The molecule has 0 heterocycles. The van der Waals surface area contributed by atoms with Crippen LogP contribution in [-0.4, -0.2) is 11.2 Å². The molecule has 1 amide bonds. The molecule has 2 aromatic rings. The molecule has 2 aromatic carbocycles. The highest BCUT2D eigenvalue weighted by atomic mass is 32.2. The second kappa shape index (κ2) is 7.01. The van der Waals surface area contributed by atoms with Crippen molar-refractivity contribution in [2.24, 2.45) is 0 Å².